The van der Waals surface area contributed by atoms with Crippen LogP contribution in [0, 0.1) is 11.8 Å². The van der Waals surface area contributed by atoms with E-state index in [0.717, 1.165) is 6.42 Å². The summed E-state index contributed by atoms with van der Waals surface area (Å²) in [6, 6.07) is -0.0577. The summed E-state index contributed by atoms with van der Waals surface area (Å²) in [5.74, 6) is 1.08. The van der Waals surface area contributed by atoms with Gasteiger partial charge in [-0.15, -0.1) is 0 Å². The van der Waals surface area contributed by atoms with Crippen LogP contribution >= 0.6 is 0 Å². The standard InChI is InChI=1S/C15H30N2O3/c1-11(2)10-13-16-14(12(3)4)15(18)17(13)6-7-20-9-8-19-5/h11-14,16H,6-10H2,1-5H3. The molecule has 1 saturated heterocycles. The first-order valence-electron chi connectivity index (χ1n) is 7.60. The van der Waals surface area contributed by atoms with E-state index in [4.69, 9.17) is 9.47 Å². The highest BCUT2D eigenvalue weighted by atomic mass is 16.5. The van der Waals surface area contributed by atoms with Crippen molar-refractivity contribution in [3.63, 3.8) is 0 Å². The Morgan fingerprint density at radius 3 is 2.45 bits per heavy atom. The van der Waals surface area contributed by atoms with Gasteiger partial charge in [-0.3, -0.25) is 10.1 Å². The zero-order valence-electron chi connectivity index (χ0n) is 13.5. The van der Waals surface area contributed by atoms with Gasteiger partial charge in [-0.05, 0) is 18.3 Å². The van der Waals surface area contributed by atoms with Crippen LogP contribution in [-0.4, -0.2) is 56.5 Å². The second-order valence-corrected chi connectivity index (χ2v) is 6.17. The van der Waals surface area contributed by atoms with Gasteiger partial charge in [-0.2, -0.15) is 0 Å². The van der Waals surface area contributed by atoms with E-state index in [1.807, 2.05) is 4.90 Å². The minimum Gasteiger partial charge on any atom is -0.382 e. The van der Waals surface area contributed by atoms with Crippen LogP contribution in [0.15, 0.2) is 0 Å². The van der Waals surface area contributed by atoms with Gasteiger partial charge in [0.15, 0.2) is 0 Å². The van der Waals surface area contributed by atoms with E-state index < -0.39 is 0 Å². The molecule has 1 amide bonds. The molecule has 118 valence electrons. The van der Waals surface area contributed by atoms with E-state index >= 15 is 0 Å². The van der Waals surface area contributed by atoms with E-state index in [-0.39, 0.29) is 18.1 Å². The lowest BCUT2D eigenvalue weighted by Gasteiger charge is -2.25. The highest BCUT2D eigenvalue weighted by Gasteiger charge is 2.39. The number of hydrogen-bond acceptors (Lipinski definition) is 4. The molecule has 0 aliphatic carbocycles. The first-order chi connectivity index (χ1) is 9.47. The molecule has 5 nitrogen and oxygen atoms in total. The largest absolute Gasteiger partial charge is 0.382 e. The summed E-state index contributed by atoms with van der Waals surface area (Å²) in [6.45, 7) is 10.9. The molecule has 1 heterocycles. The summed E-state index contributed by atoms with van der Waals surface area (Å²) < 4.78 is 10.4. The van der Waals surface area contributed by atoms with Crippen molar-refractivity contribution in [2.45, 2.75) is 46.3 Å². The minimum absolute atomic E-state index is 0.0577. The fourth-order valence-electron chi connectivity index (χ4n) is 2.49. The zero-order valence-corrected chi connectivity index (χ0v) is 13.5. The smallest absolute Gasteiger partial charge is 0.241 e. The van der Waals surface area contributed by atoms with Gasteiger partial charge in [0.25, 0.3) is 0 Å². The molecule has 0 aromatic rings. The van der Waals surface area contributed by atoms with Crippen LogP contribution in [-0.2, 0) is 14.3 Å². The van der Waals surface area contributed by atoms with Crippen molar-refractivity contribution in [3.05, 3.63) is 0 Å². The van der Waals surface area contributed by atoms with Crippen LogP contribution < -0.4 is 5.32 Å². The lowest BCUT2D eigenvalue weighted by molar-refractivity contribution is -0.131. The van der Waals surface area contributed by atoms with Gasteiger partial charge in [0.2, 0.25) is 5.91 Å². The summed E-state index contributed by atoms with van der Waals surface area (Å²) in [6.07, 6.45) is 1.12. The molecule has 20 heavy (non-hydrogen) atoms. The van der Waals surface area contributed by atoms with Crippen LogP contribution in [0.5, 0.6) is 0 Å². The summed E-state index contributed by atoms with van der Waals surface area (Å²) in [5.41, 5.74) is 0. The molecule has 5 heteroatoms. The Kier molecular flexibility index (Phi) is 7.48. The van der Waals surface area contributed by atoms with Crippen LogP contribution in [0.1, 0.15) is 34.1 Å². The molecule has 1 rings (SSSR count). The monoisotopic (exact) mass is 286 g/mol. The Balaban J connectivity index is 2.51. The first kappa shape index (κ1) is 17.4. The molecule has 0 aromatic heterocycles. The highest BCUT2D eigenvalue weighted by molar-refractivity contribution is 5.84. The van der Waals surface area contributed by atoms with Gasteiger partial charge in [0.1, 0.15) is 0 Å². The molecule has 0 bridgehead atoms. The third-order valence-electron chi connectivity index (χ3n) is 3.57. The summed E-state index contributed by atoms with van der Waals surface area (Å²) in [5, 5.41) is 3.47. The van der Waals surface area contributed by atoms with Crippen LogP contribution in [0.3, 0.4) is 0 Å². The Morgan fingerprint density at radius 2 is 1.90 bits per heavy atom. The Labute approximate surface area is 123 Å². The maximum atomic E-state index is 12.4. The molecule has 1 aliphatic heterocycles. The number of methoxy groups -OCH3 is 1. The zero-order chi connectivity index (χ0) is 15.1. The van der Waals surface area contributed by atoms with Crippen molar-refractivity contribution in [2.24, 2.45) is 11.8 Å². The van der Waals surface area contributed by atoms with Crippen molar-refractivity contribution in [3.8, 4) is 0 Å². The molecular weight excluding hydrogens is 256 g/mol. The van der Waals surface area contributed by atoms with E-state index in [9.17, 15) is 4.79 Å². The topological polar surface area (TPSA) is 50.8 Å². The van der Waals surface area contributed by atoms with Gasteiger partial charge < -0.3 is 14.4 Å². The summed E-state index contributed by atoms with van der Waals surface area (Å²) in [4.78, 5) is 14.4. The maximum Gasteiger partial charge on any atom is 0.241 e. The third kappa shape index (κ3) is 5.04. The van der Waals surface area contributed by atoms with Crippen molar-refractivity contribution in [1.82, 2.24) is 10.2 Å². The van der Waals surface area contributed by atoms with Crippen molar-refractivity contribution < 1.29 is 14.3 Å². The average Bonchev–Trinajstić information content (AvgIpc) is 2.66. The molecule has 0 radical (unpaired) electrons. The Hall–Kier alpha value is -0.650. The van der Waals surface area contributed by atoms with Gasteiger partial charge in [0.05, 0.1) is 32.0 Å². The average molecular weight is 286 g/mol. The van der Waals surface area contributed by atoms with E-state index in [2.05, 4.69) is 33.0 Å². The minimum atomic E-state index is -0.0577. The summed E-state index contributed by atoms with van der Waals surface area (Å²) >= 11 is 0. The Morgan fingerprint density at radius 1 is 1.20 bits per heavy atom. The molecule has 0 aromatic carbocycles. The highest BCUT2D eigenvalue weighted by Crippen LogP contribution is 2.21. The van der Waals surface area contributed by atoms with E-state index in [0.29, 0.717) is 38.2 Å². The first-order valence-corrected chi connectivity index (χ1v) is 7.60. The number of ether oxygens (including phenoxy) is 2. The lowest BCUT2D eigenvalue weighted by Crippen LogP contribution is -2.40. The number of hydrogen-bond donors (Lipinski definition) is 1. The number of amides is 1. The lowest BCUT2D eigenvalue weighted by atomic mass is 10.0. The fourth-order valence-corrected chi connectivity index (χ4v) is 2.49. The molecule has 0 saturated carbocycles. The molecule has 2 atom stereocenters. The second kappa shape index (κ2) is 8.60. The number of rotatable bonds is 9. The quantitative estimate of drug-likeness (QED) is 0.652. The maximum absolute atomic E-state index is 12.4. The molecule has 0 spiro atoms. The van der Waals surface area contributed by atoms with E-state index in [1.54, 1.807) is 7.11 Å². The number of nitrogens with zero attached hydrogens (tertiary/aromatic N) is 1. The SMILES string of the molecule is COCCOCCN1C(=O)C(C(C)C)NC1CC(C)C. The van der Waals surface area contributed by atoms with Gasteiger partial charge in [0, 0.05) is 13.7 Å². The van der Waals surface area contributed by atoms with Crippen molar-refractivity contribution in [1.29, 1.82) is 0 Å². The molecule has 1 N–H and O–H groups in total. The normalized spacial score (nSPS) is 23.4. The molecule has 1 aliphatic rings. The van der Waals surface area contributed by atoms with Crippen molar-refractivity contribution in [2.75, 3.05) is 33.5 Å². The van der Waals surface area contributed by atoms with Crippen molar-refractivity contribution >= 4 is 5.91 Å². The number of carbonyl (C=O) groups excluding carboxylic acids is 1. The van der Waals surface area contributed by atoms with Crippen LogP contribution in [0.25, 0.3) is 0 Å². The second-order valence-electron chi connectivity index (χ2n) is 6.17. The number of nitrogens with one attached hydrogen (secondary N) is 1. The van der Waals surface area contributed by atoms with Crippen LogP contribution in [0.4, 0.5) is 0 Å². The van der Waals surface area contributed by atoms with Crippen LogP contribution in [0.2, 0.25) is 0 Å². The third-order valence-corrected chi connectivity index (χ3v) is 3.57. The molecular formula is C15H30N2O3. The van der Waals surface area contributed by atoms with Gasteiger partial charge in [-0.1, -0.05) is 27.7 Å². The van der Waals surface area contributed by atoms with Gasteiger partial charge in [-0.25, -0.2) is 0 Å². The molecule has 2 unspecified atom stereocenters. The van der Waals surface area contributed by atoms with E-state index in [1.165, 1.54) is 0 Å². The predicted molar refractivity (Wildman–Crippen MR) is 79.4 cm³/mol. The summed E-state index contributed by atoms with van der Waals surface area (Å²) in [7, 11) is 1.66. The Bertz CT molecular complexity index is 295. The fraction of sp³-hybridized carbons (Fsp3) is 0.933. The predicted octanol–water partition coefficient (Wildman–Crippen LogP) is 1.48. The molecule has 1 fully saturated rings. The number of carbonyl (C=O) groups is 1. The van der Waals surface area contributed by atoms with Gasteiger partial charge >= 0.3 is 0 Å².